The fourth-order valence-corrected chi connectivity index (χ4v) is 4.00. The lowest BCUT2D eigenvalue weighted by molar-refractivity contribution is 0.428. The van der Waals surface area contributed by atoms with Crippen LogP contribution in [0.3, 0.4) is 0 Å². The number of anilines is 3. The van der Waals surface area contributed by atoms with Gasteiger partial charge in [-0.1, -0.05) is 24.4 Å². The van der Waals surface area contributed by atoms with Gasteiger partial charge in [0.05, 0.1) is 17.1 Å². The number of benzene rings is 1. The van der Waals surface area contributed by atoms with Gasteiger partial charge in [0.1, 0.15) is 5.02 Å². The van der Waals surface area contributed by atoms with Gasteiger partial charge in [-0.15, -0.1) is 0 Å². The molecule has 1 saturated heterocycles. The number of hydrogen-bond donors (Lipinski definition) is 2. The van der Waals surface area contributed by atoms with Crippen molar-refractivity contribution in [3.8, 4) is 0 Å². The lowest BCUT2D eigenvalue weighted by Gasteiger charge is -2.32. The minimum atomic E-state index is -0.464. The molecule has 1 saturated carbocycles. The third-order valence-corrected chi connectivity index (χ3v) is 5.15. The normalized spacial score (nSPS) is 23.7. The van der Waals surface area contributed by atoms with E-state index in [1.54, 1.807) is 6.07 Å². The van der Waals surface area contributed by atoms with Crippen molar-refractivity contribution in [2.75, 3.05) is 22.9 Å². The van der Waals surface area contributed by atoms with Crippen molar-refractivity contribution in [2.24, 2.45) is 5.92 Å². The van der Waals surface area contributed by atoms with Crippen LogP contribution in [0.1, 0.15) is 38.5 Å². The zero-order chi connectivity index (χ0) is 14.3. The van der Waals surface area contributed by atoms with Gasteiger partial charge in [-0.25, -0.2) is 4.39 Å². The highest BCUT2D eigenvalue weighted by atomic mass is 35.5. The van der Waals surface area contributed by atoms with Crippen molar-refractivity contribution in [3.63, 3.8) is 0 Å². The van der Waals surface area contributed by atoms with Crippen LogP contribution < -0.4 is 16.4 Å². The number of nitrogens with zero attached hydrogens (tertiary/aromatic N) is 1. The van der Waals surface area contributed by atoms with Crippen molar-refractivity contribution in [1.29, 1.82) is 0 Å². The van der Waals surface area contributed by atoms with Crippen molar-refractivity contribution in [2.45, 2.75) is 44.6 Å². The maximum Gasteiger partial charge on any atom is 0.169 e. The van der Waals surface area contributed by atoms with E-state index < -0.39 is 5.82 Å². The van der Waals surface area contributed by atoms with Crippen LogP contribution >= 0.6 is 11.6 Å². The van der Waals surface area contributed by atoms with Crippen LogP contribution in [0, 0.1) is 11.7 Å². The summed E-state index contributed by atoms with van der Waals surface area (Å²) in [5.41, 5.74) is 12.8. The minimum absolute atomic E-state index is 0.00808. The Balaban J connectivity index is 1.97. The van der Waals surface area contributed by atoms with Crippen molar-refractivity contribution in [1.82, 2.24) is 0 Å². The maximum absolute atomic E-state index is 14.5. The maximum atomic E-state index is 14.5. The van der Waals surface area contributed by atoms with Crippen molar-refractivity contribution < 1.29 is 4.39 Å². The fraction of sp³-hybridized carbons (Fsp3) is 0.600. The van der Waals surface area contributed by atoms with Crippen LogP contribution in [0.25, 0.3) is 0 Å². The molecule has 20 heavy (non-hydrogen) atoms. The lowest BCUT2D eigenvalue weighted by Crippen LogP contribution is -2.35. The Hall–Kier alpha value is -1.16. The zero-order valence-corrected chi connectivity index (χ0v) is 12.3. The fourth-order valence-electron chi connectivity index (χ4n) is 3.85. The molecule has 5 heteroatoms. The third-order valence-electron chi connectivity index (χ3n) is 4.77. The molecule has 4 N–H and O–H groups in total. The summed E-state index contributed by atoms with van der Waals surface area (Å²) in [6, 6.07) is 1.97. The molecule has 0 aromatic heterocycles. The second-order valence-corrected chi connectivity index (χ2v) is 6.36. The number of nitrogens with two attached hydrogens (primary N) is 2. The smallest absolute Gasteiger partial charge is 0.169 e. The van der Waals surface area contributed by atoms with E-state index in [9.17, 15) is 4.39 Å². The standard InChI is InChI=1S/C15H21ClFN3/c16-13-10(18)8-11(19)15(14(13)17)20-7-3-6-12(20)9-4-1-2-5-9/h8-9,12H,1-7,18-19H2. The number of nitrogen functional groups attached to an aromatic ring is 2. The van der Waals surface area contributed by atoms with E-state index in [1.807, 2.05) is 0 Å². The first-order valence-corrected chi connectivity index (χ1v) is 7.77. The van der Waals surface area contributed by atoms with E-state index in [0.717, 1.165) is 19.4 Å². The molecule has 0 spiro atoms. The van der Waals surface area contributed by atoms with E-state index in [-0.39, 0.29) is 10.7 Å². The monoisotopic (exact) mass is 297 g/mol. The highest BCUT2D eigenvalue weighted by Gasteiger charge is 2.35. The van der Waals surface area contributed by atoms with Gasteiger partial charge in [0.25, 0.3) is 0 Å². The molecule has 1 unspecified atom stereocenters. The van der Waals surface area contributed by atoms with Crippen LogP contribution in [0.4, 0.5) is 21.5 Å². The third kappa shape index (κ3) is 2.20. The van der Waals surface area contributed by atoms with Gasteiger partial charge in [0.15, 0.2) is 5.82 Å². The lowest BCUT2D eigenvalue weighted by atomic mass is 9.95. The van der Waals surface area contributed by atoms with Crippen LogP contribution in [0.2, 0.25) is 5.02 Å². The number of halogens is 2. The van der Waals surface area contributed by atoms with Gasteiger partial charge < -0.3 is 16.4 Å². The van der Waals surface area contributed by atoms with Gasteiger partial charge in [-0.05, 0) is 37.7 Å². The molecule has 1 aliphatic carbocycles. The summed E-state index contributed by atoms with van der Waals surface area (Å²) in [4.78, 5) is 2.13. The van der Waals surface area contributed by atoms with Gasteiger partial charge in [0.2, 0.25) is 0 Å². The van der Waals surface area contributed by atoms with Crippen LogP contribution in [-0.4, -0.2) is 12.6 Å². The predicted octanol–water partition coefficient (Wildman–Crippen LogP) is 3.80. The summed E-state index contributed by atoms with van der Waals surface area (Å²) in [5.74, 6) is 0.196. The quantitative estimate of drug-likeness (QED) is 0.816. The van der Waals surface area contributed by atoms with Crippen molar-refractivity contribution >= 4 is 28.7 Å². The Morgan fingerprint density at radius 2 is 1.80 bits per heavy atom. The minimum Gasteiger partial charge on any atom is -0.397 e. The highest BCUT2D eigenvalue weighted by molar-refractivity contribution is 6.33. The molecule has 1 aromatic carbocycles. The molecule has 1 atom stereocenters. The molecule has 1 heterocycles. The SMILES string of the molecule is Nc1cc(N)c(N2CCCC2C2CCCC2)c(F)c1Cl. The molecule has 0 amide bonds. The molecule has 0 radical (unpaired) electrons. The van der Waals surface area contributed by atoms with E-state index >= 15 is 0 Å². The summed E-state index contributed by atoms with van der Waals surface area (Å²) in [6.45, 7) is 0.850. The summed E-state index contributed by atoms with van der Waals surface area (Å²) < 4.78 is 14.5. The Bertz CT molecular complexity index is 514. The average Bonchev–Trinajstić information content (AvgIpc) is 3.06. The first-order chi connectivity index (χ1) is 9.59. The van der Waals surface area contributed by atoms with Gasteiger partial charge in [-0.2, -0.15) is 0 Å². The molecule has 1 aliphatic heterocycles. The highest BCUT2D eigenvalue weighted by Crippen LogP contribution is 2.43. The van der Waals surface area contributed by atoms with Crippen LogP contribution in [-0.2, 0) is 0 Å². The molecular weight excluding hydrogens is 277 g/mol. The second-order valence-electron chi connectivity index (χ2n) is 5.98. The Labute approximate surface area is 124 Å². The van der Waals surface area contributed by atoms with Crippen molar-refractivity contribution in [3.05, 3.63) is 16.9 Å². The predicted molar refractivity (Wildman–Crippen MR) is 82.6 cm³/mol. The first-order valence-electron chi connectivity index (χ1n) is 7.39. The van der Waals surface area contributed by atoms with Gasteiger partial charge in [-0.3, -0.25) is 0 Å². The zero-order valence-electron chi connectivity index (χ0n) is 11.5. The summed E-state index contributed by atoms with van der Waals surface area (Å²) in [5, 5.41) is -0.00808. The molecule has 2 fully saturated rings. The van der Waals surface area contributed by atoms with E-state index in [2.05, 4.69) is 4.90 Å². The van der Waals surface area contributed by atoms with Crippen LogP contribution in [0.5, 0.6) is 0 Å². The molecule has 110 valence electrons. The number of rotatable bonds is 2. The molecule has 2 aliphatic rings. The Morgan fingerprint density at radius 3 is 2.50 bits per heavy atom. The molecule has 3 rings (SSSR count). The second kappa shape index (κ2) is 5.32. The summed E-state index contributed by atoms with van der Waals surface area (Å²) in [7, 11) is 0. The van der Waals surface area contributed by atoms with E-state index in [4.69, 9.17) is 23.1 Å². The van der Waals surface area contributed by atoms with E-state index in [0.29, 0.717) is 23.3 Å². The Kier molecular flexibility index (Phi) is 3.67. The topological polar surface area (TPSA) is 55.3 Å². The van der Waals surface area contributed by atoms with Crippen LogP contribution in [0.15, 0.2) is 6.07 Å². The first kappa shape index (κ1) is 13.8. The largest absolute Gasteiger partial charge is 0.397 e. The Morgan fingerprint density at radius 1 is 1.10 bits per heavy atom. The number of hydrogen-bond acceptors (Lipinski definition) is 3. The molecular formula is C15H21ClFN3. The molecule has 3 nitrogen and oxygen atoms in total. The molecule has 1 aromatic rings. The summed E-state index contributed by atoms with van der Waals surface area (Å²) in [6.07, 6.45) is 7.26. The molecule has 0 bridgehead atoms. The van der Waals surface area contributed by atoms with E-state index in [1.165, 1.54) is 25.7 Å². The van der Waals surface area contributed by atoms with Gasteiger partial charge >= 0.3 is 0 Å². The summed E-state index contributed by atoms with van der Waals surface area (Å²) >= 11 is 5.96. The average molecular weight is 298 g/mol. The van der Waals surface area contributed by atoms with Gasteiger partial charge in [0, 0.05) is 12.6 Å².